The minimum absolute atomic E-state index is 0.0590. The number of carbonyl (C=O) groups is 2. The molecule has 2 rings (SSSR count). The van der Waals surface area contributed by atoms with Crippen molar-refractivity contribution in [3.63, 3.8) is 0 Å². The maximum Gasteiger partial charge on any atom is 0.416 e. The van der Waals surface area contributed by atoms with E-state index in [1.54, 1.807) is 24.7 Å². The number of esters is 1. The molecule has 0 bridgehead atoms. The number of alkyl halides is 3. The fourth-order valence-corrected chi connectivity index (χ4v) is 3.67. The second-order valence-corrected chi connectivity index (χ2v) is 7.25. The standard InChI is InChI=1S/C16H14F3NO3S2/c1-9(2)23-14(22)12(15-24-6-7-25-15)13(21)20-11-5-3-4-10(8-11)16(17,18)19/h3-9H,1-2H3,(H,20,21). The van der Waals surface area contributed by atoms with Gasteiger partial charge in [-0.2, -0.15) is 13.2 Å². The Balaban J connectivity index is 2.26. The molecule has 0 spiro atoms. The lowest BCUT2D eigenvalue weighted by Crippen LogP contribution is -2.25. The van der Waals surface area contributed by atoms with E-state index in [0.717, 1.165) is 12.1 Å². The third-order valence-corrected chi connectivity index (χ3v) is 4.96. The zero-order valence-electron chi connectivity index (χ0n) is 13.2. The van der Waals surface area contributed by atoms with Crippen LogP contribution in [0.15, 0.2) is 44.9 Å². The van der Waals surface area contributed by atoms with Crippen molar-refractivity contribution < 1.29 is 27.5 Å². The molecule has 0 saturated heterocycles. The van der Waals surface area contributed by atoms with Crippen LogP contribution in [0.2, 0.25) is 0 Å². The normalized spacial score (nSPS) is 13.9. The Labute approximate surface area is 150 Å². The second kappa shape index (κ2) is 8.01. The summed E-state index contributed by atoms with van der Waals surface area (Å²) in [5.41, 5.74) is -1.18. The average molecular weight is 389 g/mol. The predicted octanol–water partition coefficient (Wildman–Crippen LogP) is 4.76. The van der Waals surface area contributed by atoms with Gasteiger partial charge in [0.15, 0.2) is 0 Å². The first-order chi connectivity index (χ1) is 11.7. The summed E-state index contributed by atoms with van der Waals surface area (Å²) in [6.07, 6.45) is -4.96. The summed E-state index contributed by atoms with van der Waals surface area (Å²) in [5, 5.41) is 5.72. The van der Waals surface area contributed by atoms with E-state index in [-0.39, 0.29) is 11.3 Å². The van der Waals surface area contributed by atoms with Crippen LogP contribution in [0, 0.1) is 0 Å². The van der Waals surface area contributed by atoms with Gasteiger partial charge < -0.3 is 10.1 Å². The zero-order chi connectivity index (χ0) is 18.6. The molecule has 4 nitrogen and oxygen atoms in total. The lowest BCUT2D eigenvalue weighted by atomic mass is 10.2. The summed E-state index contributed by atoms with van der Waals surface area (Å²) >= 11 is 2.35. The van der Waals surface area contributed by atoms with E-state index in [9.17, 15) is 22.8 Å². The molecule has 0 fully saturated rings. The lowest BCUT2D eigenvalue weighted by Gasteiger charge is -2.14. The molecular formula is C16H14F3NO3S2. The number of rotatable bonds is 4. The Hall–Kier alpha value is -1.87. The van der Waals surface area contributed by atoms with Gasteiger partial charge in [-0.15, -0.1) is 0 Å². The second-order valence-electron chi connectivity index (χ2n) is 5.16. The molecular weight excluding hydrogens is 375 g/mol. The molecule has 25 heavy (non-hydrogen) atoms. The van der Waals surface area contributed by atoms with Gasteiger partial charge in [0.2, 0.25) is 0 Å². The summed E-state index contributed by atoms with van der Waals surface area (Å²) in [4.78, 5) is 24.7. The van der Waals surface area contributed by atoms with Crippen LogP contribution in [0.1, 0.15) is 19.4 Å². The Morgan fingerprint density at radius 3 is 2.36 bits per heavy atom. The maximum absolute atomic E-state index is 12.8. The van der Waals surface area contributed by atoms with Crippen LogP contribution in [-0.4, -0.2) is 18.0 Å². The third-order valence-electron chi connectivity index (χ3n) is 2.83. The van der Waals surface area contributed by atoms with Gasteiger partial charge in [0.1, 0.15) is 5.57 Å². The lowest BCUT2D eigenvalue weighted by molar-refractivity contribution is -0.143. The van der Waals surface area contributed by atoms with Gasteiger partial charge in [0, 0.05) is 5.69 Å². The first kappa shape index (κ1) is 19.5. The van der Waals surface area contributed by atoms with Crippen molar-refractivity contribution in [2.75, 3.05) is 5.32 Å². The molecule has 1 heterocycles. The number of thioether (sulfide) groups is 2. The van der Waals surface area contributed by atoms with E-state index in [1.807, 2.05) is 0 Å². The van der Waals surface area contributed by atoms with Crippen molar-refractivity contribution in [3.8, 4) is 0 Å². The molecule has 0 aliphatic carbocycles. The first-order valence-electron chi connectivity index (χ1n) is 7.10. The monoisotopic (exact) mass is 389 g/mol. The van der Waals surface area contributed by atoms with E-state index in [2.05, 4.69) is 5.32 Å². The highest BCUT2D eigenvalue weighted by molar-refractivity contribution is 8.27. The van der Waals surface area contributed by atoms with Crippen LogP contribution in [0.3, 0.4) is 0 Å². The molecule has 9 heteroatoms. The maximum atomic E-state index is 12.8. The summed E-state index contributed by atoms with van der Waals surface area (Å²) in [6, 6.07) is 4.20. The highest BCUT2D eigenvalue weighted by Gasteiger charge is 2.31. The summed E-state index contributed by atoms with van der Waals surface area (Å²) in [5.74, 6) is -1.64. The average Bonchev–Trinajstić information content (AvgIpc) is 2.99. The zero-order valence-corrected chi connectivity index (χ0v) is 14.8. The van der Waals surface area contributed by atoms with Gasteiger partial charge in [-0.3, -0.25) is 4.79 Å². The SMILES string of the molecule is CC(C)OC(=O)C(C(=O)Nc1cccc(C(F)(F)F)c1)=C1SC=CS1. The van der Waals surface area contributed by atoms with Gasteiger partial charge in [-0.05, 0) is 42.9 Å². The largest absolute Gasteiger partial charge is 0.459 e. The number of benzene rings is 1. The fourth-order valence-electron chi connectivity index (χ4n) is 1.83. The molecule has 0 aromatic heterocycles. The quantitative estimate of drug-likeness (QED) is 0.348. The first-order valence-corrected chi connectivity index (χ1v) is 8.86. The van der Waals surface area contributed by atoms with Crippen molar-refractivity contribution in [2.45, 2.75) is 26.1 Å². The van der Waals surface area contributed by atoms with Crippen LogP contribution in [-0.2, 0) is 20.5 Å². The minimum atomic E-state index is -4.53. The van der Waals surface area contributed by atoms with Gasteiger partial charge in [-0.25, -0.2) is 4.79 Å². The molecule has 1 aliphatic rings. The Morgan fingerprint density at radius 1 is 1.16 bits per heavy atom. The van der Waals surface area contributed by atoms with E-state index in [1.165, 1.54) is 35.7 Å². The third kappa shape index (κ3) is 5.30. The summed E-state index contributed by atoms with van der Waals surface area (Å²) in [7, 11) is 0. The number of ether oxygens (including phenoxy) is 1. The molecule has 1 aromatic carbocycles. The van der Waals surface area contributed by atoms with Crippen molar-refractivity contribution in [3.05, 3.63) is 50.5 Å². The van der Waals surface area contributed by atoms with Crippen molar-refractivity contribution in [1.29, 1.82) is 0 Å². The van der Waals surface area contributed by atoms with Gasteiger partial charge >= 0.3 is 12.1 Å². The van der Waals surface area contributed by atoms with Crippen molar-refractivity contribution in [2.24, 2.45) is 0 Å². The summed E-state index contributed by atoms with van der Waals surface area (Å²) in [6.45, 7) is 3.27. The van der Waals surface area contributed by atoms with Crippen LogP contribution < -0.4 is 5.32 Å². The molecule has 1 aliphatic heterocycles. The molecule has 1 N–H and O–H groups in total. The number of nitrogens with one attached hydrogen (secondary N) is 1. The molecule has 0 saturated carbocycles. The Kier molecular flexibility index (Phi) is 6.23. The van der Waals surface area contributed by atoms with Crippen LogP contribution >= 0.6 is 23.5 Å². The number of amides is 1. The van der Waals surface area contributed by atoms with E-state index in [0.29, 0.717) is 4.24 Å². The van der Waals surface area contributed by atoms with Crippen molar-refractivity contribution >= 4 is 41.1 Å². The molecule has 0 radical (unpaired) electrons. The Bertz CT molecular complexity index is 732. The molecule has 1 amide bonds. The highest BCUT2D eigenvalue weighted by atomic mass is 32.2. The molecule has 0 atom stereocenters. The number of hydrogen-bond donors (Lipinski definition) is 1. The predicted molar refractivity (Wildman–Crippen MR) is 92.6 cm³/mol. The van der Waals surface area contributed by atoms with Crippen LogP contribution in [0.5, 0.6) is 0 Å². The van der Waals surface area contributed by atoms with Crippen molar-refractivity contribution in [1.82, 2.24) is 0 Å². The molecule has 0 unspecified atom stereocenters. The minimum Gasteiger partial charge on any atom is -0.459 e. The number of anilines is 1. The topological polar surface area (TPSA) is 55.4 Å². The van der Waals surface area contributed by atoms with Gasteiger partial charge in [0.05, 0.1) is 15.9 Å². The van der Waals surface area contributed by atoms with E-state index < -0.39 is 29.7 Å². The molecule has 134 valence electrons. The summed E-state index contributed by atoms with van der Waals surface area (Å²) < 4.78 is 43.8. The highest BCUT2D eigenvalue weighted by Crippen LogP contribution is 2.40. The number of hydrogen-bond acceptors (Lipinski definition) is 5. The molecule has 1 aromatic rings. The van der Waals surface area contributed by atoms with E-state index in [4.69, 9.17) is 4.74 Å². The Morgan fingerprint density at radius 2 is 1.80 bits per heavy atom. The fraction of sp³-hybridized carbons (Fsp3) is 0.250. The van der Waals surface area contributed by atoms with E-state index >= 15 is 0 Å². The number of halogens is 3. The number of carbonyl (C=O) groups excluding carboxylic acids is 2. The smallest absolute Gasteiger partial charge is 0.416 e. The van der Waals surface area contributed by atoms with Gasteiger partial charge in [0.25, 0.3) is 5.91 Å². The van der Waals surface area contributed by atoms with Crippen LogP contribution in [0.25, 0.3) is 0 Å². The van der Waals surface area contributed by atoms with Crippen LogP contribution in [0.4, 0.5) is 18.9 Å². The van der Waals surface area contributed by atoms with Gasteiger partial charge in [-0.1, -0.05) is 29.6 Å².